The van der Waals surface area contributed by atoms with E-state index >= 15 is 0 Å². The maximum atomic E-state index is 12.4. The smallest absolute Gasteiger partial charge is 0.310 e. The molecule has 0 aliphatic carbocycles. The Bertz CT molecular complexity index is 1170. The topological polar surface area (TPSA) is 65.5 Å². The lowest BCUT2D eigenvalue weighted by atomic mass is 10.0. The summed E-state index contributed by atoms with van der Waals surface area (Å²) < 4.78 is 6.97. The van der Waals surface area contributed by atoms with Crippen LogP contribution in [-0.4, -0.2) is 21.4 Å². The van der Waals surface area contributed by atoms with Crippen molar-refractivity contribution < 1.29 is 9.53 Å². The second kappa shape index (κ2) is 8.75. The second-order valence-corrected chi connectivity index (χ2v) is 7.96. The fourth-order valence-corrected chi connectivity index (χ4v) is 3.01. The van der Waals surface area contributed by atoms with E-state index in [0.717, 1.165) is 11.1 Å². The van der Waals surface area contributed by atoms with Crippen LogP contribution in [0.3, 0.4) is 0 Å². The molecule has 0 aliphatic rings. The van der Waals surface area contributed by atoms with Crippen LogP contribution in [0.25, 0.3) is 10.5 Å². The summed E-state index contributed by atoms with van der Waals surface area (Å²) in [5.41, 5.74) is 2.62. The molecule has 30 heavy (non-hydrogen) atoms. The highest BCUT2D eigenvalue weighted by atomic mass is 16.6. The zero-order valence-electron chi connectivity index (χ0n) is 17.3. The van der Waals surface area contributed by atoms with Crippen molar-refractivity contribution in [3.8, 4) is 5.69 Å². The molecule has 152 valence electrons. The summed E-state index contributed by atoms with van der Waals surface area (Å²) in [7, 11) is 0. The first-order valence-electron chi connectivity index (χ1n) is 9.60. The molecule has 0 radical (unpaired) electrons. The van der Waals surface area contributed by atoms with Gasteiger partial charge in [0.1, 0.15) is 11.3 Å². The number of hydrogen-bond acceptors (Lipinski definition) is 4. The van der Waals surface area contributed by atoms with Gasteiger partial charge in [-0.3, -0.25) is 9.59 Å². The van der Waals surface area contributed by atoms with E-state index in [-0.39, 0.29) is 17.8 Å². The molecule has 0 saturated heterocycles. The quantitative estimate of drug-likeness (QED) is 0.473. The Hall–Kier alpha value is -3.72. The van der Waals surface area contributed by atoms with Crippen molar-refractivity contribution in [2.24, 2.45) is 0 Å². The van der Waals surface area contributed by atoms with E-state index in [4.69, 9.17) is 11.3 Å². The Morgan fingerprint density at radius 2 is 1.83 bits per heavy atom. The molecule has 3 rings (SSSR count). The summed E-state index contributed by atoms with van der Waals surface area (Å²) in [6.45, 7) is 12.7. The molecular weight excluding hydrogens is 378 g/mol. The largest absolute Gasteiger partial charge is 0.460 e. The average molecular weight is 401 g/mol. The number of carbonyl (C=O) groups excluding carboxylic acids is 1. The van der Waals surface area contributed by atoms with Gasteiger partial charge >= 0.3 is 5.97 Å². The van der Waals surface area contributed by atoms with E-state index in [9.17, 15) is 9.59 Å². The lowest BCUT2D eigenvalue weighted by Crippen LogP contribution is -2.24. The van der Waals surface area contributed by atoms with Gasteiger partial charge in [-0.05, 0) is 44.0 Å². The van der Waals surface area contributed by atoms with Gasteiger partial charge in [0, 0.05) is 18.7 Å². The Morgan fingerprint density at radius 3 is 2.57 bits per heavy atom. The number of esters is 1. The first kappa shape index (κ1) is 21.0. The summed E-state index contributed by atoms with van der Waals surface area (Å²) >= 11 is 0. The minimum Gasteiger partial charge on any atom is -0.460 e. The van der Waals surface area contributed by atoms with E-state index in [1.165, 1.54) is 6.07 Å². The van der Waals surface area contributed by atoms with Gasteiger partial charge in [-0.25, -0.2) is 9.53 Å². The maximum Gasteiger partial charge on any atom is 0.310 e. The van der Waals surface area contributed by atoms with Gasteiger partial charge in [0.25, 0.3) is 0 Å². The first-order chi connectivity index (χ1) is 14.2. The van der Waals surface area contributed by atoms with Crippen LogP contribution in [0.4, 0.5) is 5.69 Å². The third-order valence-electron chi connectivity index (χ3n) is 4.23. The van der Waals surface area contributed by atoms with Crippen LogP contribution < -0.4 is 5.43 Å². The highest BCUT2D eigenvalue weighted by Gasteiger charge is 2.16. The monoisotopic (exact) mass is 401 g/mol. The molecule has 0 atom stereocenters. The summed E-state index contributed by atoms with van der Waals surface area (Å²) in [6.07, 6.45) is 2.10. The fourth-order valence-electron chi connectivity index (χ4n) is 3.01. The molecule has 1 aromatic heterocycles. The molecule has 0 amide bonds. The van der Waals surface area contributed by atoms with Crippen molar-refractivity contribution in [2.45, 2.75) is 39.2 Å². The highest BCUT2D eigenvalue weighted by Crippen LogP contribution is 2.17. The van der Waals surface area contributed by atoms with Crippen molar-refractivity contribution in [1.29, 1.82) is 0 Å². The Kier molecular flexibility index (Phi) is 6.12. The van der Waals surface area contributed by atoms with Crippen molar-refractivity contribution >= 4 is 11.7 Å². The van der Waals surface area contributed by atoms with Gasteiger partial charge in [-0.2, -0.15) is 5.10 Å². The Morgan fingerprint density at radius 1 is 1.10 bits per heavy atom. The van der Waals surface area contributed by atoms with Crippen molar-refractivity contribution in [1.82, 2.24) is 9.78 Å². The molecule has 0 unspecified atom stereocenters. The van der Waals surface area contributed by atoms with Gasteiger partial charge in [-0.15, -0.1) is 0 Å². The molecule has 0 fully saturated rings. The molecular formula is C24H23N3O3. The third-order valence-corrected chi connectivity index (χ3v) is 4.23. The average Bonchev–Trinajstić information content (AvgIpc) is 2.68. The van der Waals surface area contributed by atoms with Gasteiger partial charge in [-0.1, -0.05) is 36.4 Å². The Labute approximate surface area is 175 Å². The van der Waals surface area contributed by atoms with E-state index in [2.05, 4.69) is 9.94 Å². The van der Waals surface area contributed by atoms with Gasteiger partial charge in [0.15, 0.2) is 5.69 Å². The summed E-state index contributed by atoms with van der Waals surface area (Å²) in [5, 5.41) is 4.46. The summed E-state index contributed by atoms with van der Waals surface area (Å²) in [4.78, 5) is 27.9. The molecule has 6 nitrogen and oxygen atoms in total. The molecule has 0 saturated carbocycles. The zero-order chi connectivity index (χ0) is 21.7. The highest BCUT2D eigenvalue weighted by molar-refractivity contribution is 5.73. The van der Waals surface area contributed by atoms with Gasteiger partial charge in [0.2, 0.25) is 5.43 Å². The van der Waals surface area contributed by atoms with Crippen molar-refractivity contribution in [2.75, 3.05) is 0 Å². The predicted octanol–water partition coefficient (Wildman–Crippen LogP) is 4.26. The van der Waals surface area contributed by atoms with E-state index in [0.29, 0.717) is 23.5 Å². The van der Waals surface area contributed by atoms with E-state index in [1.54, 1.807) is 29.1 Å². The van der Waals surface area contributed by atoms with Crippen LogP contribution in [0.2, 0.25) is 0 Å². The third kappa shape index (κ3) is 5.65. The molecule has 0 bridgehead atoms. The van der Waals surface area contributed by atoms with Crippen molar-refractivity contribution in [3.05, 3.63) is 99.3 Å². The summed E-state index contributed by atoms with van der Waals surface area (Å²) in [6, 6.07) is 16.0. The lowest BCUT2D eigenvalue weighted by molar-refractivity contribution is -0.153. The lowest BCUT2D eigenvalue weighted by Gasteiger charge is -2.19. The fraction of sp³-hybridized carbons (Fsp3) is 0.250. The number of benzene rings is 2. The number of nitrogens with zero attached hydrogens (tertiary/aromatic N) is 3. The normalized spacial score (nSPS) is 11.0. The zero-order valence-corrected chi connectivity index (χ0v) is 17.3. The minimum atomic E-state index is -0.529. The second-order valence-electron chi connectivity index (χ2n) is 7.96. The molecule has 0 spiro atoms. The van der Waals surface area contributed by atoms with Crippen LogP contribution in [0.1, 0.15) is 37.6 Å². The number of rotatable bonds is 5. The van der Waals surface area contributed by atoms with E-state index < -0.39 is 5.60 Å². The van der Waals surface area contributed by atoms with Crippen LogP contribution in [0.5, 0.6) is 0 Å². The van der Waals surface area contributed by atoms with E-state index in [1.807, 2.05) is 51.1 Å². The van der Waals surface area contributed by atoms with Gasteiger partial charge in [0.05, 0.1) is 18.7 Å². The number of carbonyl (C=O) groups is 1. The molecule has 6 heteroatoms. The molecule has 1 heterocycles. The predicted molar refractivity (Wildman–Crippen MR) is 115 cm³/mol. The van der Waals surface area contributed by atoms with Crippen LogP contribution in [-0.2, 0) is 22.4 Å². The standard InChI is InChI=1S/C24H23N3O3/c1-24(2,3)30-23(29)15-18-8-5-7-17(13-18)14-21-22(28)11-12-27(26-21)20-10-6-9-19(16-20)25-4/h5-13,16H,14-15H2,1-3H3. The van der Waals surface area contributed by atoms with Crippen LogP contribution in [0, 0.1) is 6.57 Å². The number of hydrogen-bond donors (Lipinski definition) is 0. The van der Waals surface area contributed by atoms with Gasteiger partial charge < -0.3 is 4.74 Å². The molecule has 0 aliphatic heterocycles. The molecule has 2 aromatic carbocycles. The van der Waals surface area contributed by atoms with Crippen molar-refractivity contribution in [3.63, 3.8) is 0 Å². The molecule has 0 N–H and O–H groups in total. The van der Waals surface area contributed by atoms with Crippen LogP contribution in [0.15, 0.2) is 65.6 Å². The van der Waals surface area contributed by atoms with Crippen LogP contribution >= 0.6 is 0 Å². The summed E-state index contributed by atoms with van der Waals surface area (Å²) in [5.74, 6) is -0.292. The first-order valence-corrected chi connectivity index (χ1v) is 9.60. The number of ether oxygens (including phenoxy) is 1. The molecule has 3 aromatic rings. The number of aromatic nitrogens is 2. The maximum absolute atomic E-state index is 12.4. The minimum absolute atomic E-state index is 0.162. The Balaban J connectivity index is 1.82. The SMILES string of the molecule is [C-]#[N+]c1cccc(-n2ccc(=O)c(Cc3cccc(CC(=O)OC(C)(C)C)c3)n2)c1.